The van der Waals surface area contributed by atoms with Gasteiger partial charge in [0.2, 0.25) is 0 Å². The Balaban J connectivity index is 1.73. The molecule has 0 N–H and O–H groups in total. The van der Waals surface area contributed by atoms with Crippen molar-refractivity contribution in [3.8, 4) is 0 Å². The van der Waals surface area contributed by atoms with E-state index in [2.05, 4.69) is 5.10 Å². The first-order valence-corrected chi connectivity index (χ1v) is 9.86. The number of thiocarbonyl (C=S) groups is 1. The standard InChI is InChI=1S/C19H13ClFN3OS2/c20-15-5-3-6-16(21)14(15)10-23-9-12(13-4-1-2-7-17(13)23)8-22-24-18(25)11-27-19(24)26/h1-9H,10-11H2/b22-8+. The molecule has 0 aliphatic carbocycles. The maximum absolute atomic E-state index is 14.2. The lowest BCUT2D eigenvalue weighted by atomic mass is 10.2. The molecule has 4 rings (SSSR count). The highest BCUT2D eigenvalue weighted by Crippen LogP contribution is 2.26. The van der Waals surface area contributed by atoms with Crippen molar-refractivity contribution >= 4 is 62.9 Å². The van der Waals surface area contributed by atoms with Crippen LogP contribution in [-0.4, -0.2) is 31.8 Å². The summed E-state index contributed by atoms with van der Waals surface area (Å²) >= 11 is 12.6. The molecule has 0 radical (unpaired) electrons. The Hall–Kier alpha value is -2.22. The number of benzene rings is 2. The Morgan fingerprint density at radius 3 is 2.81 bits per heavy atom. The minimum absolute atomic E-state index is 0.136. The fourth-order valence-corrected chi connectivity index (χ4v) is 4.13. The number of aromatic nitrogens is 1. The zero-order valence-electron chi connectivity index (χ0n) is 13.9. The summed E-state index contributed by atoms with van der Waals surface area (Å²) in [5, 5.41) is 6.81. The minimum Gasteiger partial charge on any atom is -0.342 e. The quantitative estimate of drug-likeness (QED) is 0.457. The number of halogens is 2. The normalized spacial score (nSPS) is 14.8. The molecule has 1 saturated heterocycles. The highest BCUT2D eigenvalue weighted by Gasteiger charge is 2.26. The van der Waals surface area contributed by atoms with Gasteiger partial charge in [-0.3, -0.25) is 4.79 Å². The van der Waals surface area contributed by atoms with Gasteiger partial charge in [0.25, 0.3) is 5.91 Å². The molecule has 0 spiro atoms. The Kier molecular flexibility index (Phi) is 4.99. The van der Waals surface area contributed by atoms with Crippen molar-refractivity contribution in [2.24, 2.45) is 5.10 Å². The lowest BCUT2D eigenvalue weighted by Crippen LogP contribution is -2.22. The van der Waals surface area contributed by atoms with Crippen LogP contribution in [0.4, 0.5) is 4.39 Å². The summed E-state index contributed by atoms with van der Waals surface area (Å²) < 4.78 is 16.6. The van der Waals surface area contributed by atoms with Gasteiger partial charge in [0.05, 0.1) is 18.5 Å². The van der Waals surface area contributed by atoms with Crippen LogP contribution in [0.3, 0.4) is 0 Å². The monoisotopic (exact) mass is 417 g/mol. The van der Waals surface area contributed by atoms with Crippen LogP contribution in [0.15, 0.2) is 53.8 Å². The van der Waals surface area contributed by atoms with E-state index in [1.807, 2.05) is 35.0 Å². The molecule has 1 aliphatic rings. The van der Waals surface area contributed by atoms with E-state index in [9.17, 15) is 9.18 Å². The maximum atomic E-state index is 14.2. The number of hydrogen-bond acceptors (Lipinski definition) is 4. The van der Waals surface area contributed by atoms with Crippen LogP contribution in [-0.2, 0) is 11.3 Å². The fourth-order valence-electron chi connectivity index (χ4n) is 2.94. The Labute approximate surface area is 169 Å². The van der Waals surface area contributed by atoms with Crippen LogP contribution in [0.25, 0.3) is 10.9 Å². The molecule has 4 nitrogen and oxygen atoms in total. The summed E-state index contributed by atoms with van der Waals surface area (Å²) in [6.07, 6.45) is 3.48. The second-order valence-corrected chi connectivity index (χ2v) is 7.95. The van der Waals surface area contributed by atoms with Gasteiger partial charge in [0, 0.05) is 33.2 Å². The highest BCUT2D eigenvalue weighted by molar-refractivity contribution is 8.23. The smallest absolute Gasteiger partial charge is 0.259 e. The first kappa shape index (κ1) is 18.2. The molecule has 1 amide bonds. The lowest BCUT2D eigenvalue weighted by Gasteiger charge is -2.08. The second kappa shape index (κ2) is 7.42. The molecule has 2 heterocycles. The van der Waals surface area contributed by atoms with Crippen LogP contribution in [0.1, 0.15) is 11.1 Å². The average Bonchev–Trinajstić information content (AvgIpc) is 3.17. The first-order valence-electron chi connectivity index (χ1n) is 8.09. The van der Waals surface area contributed by atoms with Crippen molar-refractivity contribution in [2.75, 3.05) is 5.75 Å². The Morgan fingerprint density at radius 1 is 1.26 bits per heavy atom. The van der Waals surface area contributed by atoms with Gasteiger partial charge in [0.15, 0.2) is 4.32 Å². The summed E-state index contributed by atoms with van der Waals surface area (Å²) in [6.45, 7) is 0.288. The summed E-state index contributed by atoms with van der Waals surface area (Å²) in [5.74, 6) is -0.173. The number of hydrogen-bond donors (Lipinski definition) is 0. The van der Waals surface area contributed by atoms with E-state index in [1.165, 1.54) is 22.8 Å². The van der Waals surface area contributed by atoms with Crippen molar-refractivity contribution in [3.63, 3.8) is 0 Å². The van der Waals surface area contributed by atoms with E-state index in [0.29, 0.717) is 20.7 Å². The predicted molar refractivity (Wildman–Crippen MR) is 112 cm³/mol. The largest absolute Gasteiger partial charge is 0.342 e. The average molecular weight is 418 g/mol. The van der Waals surface area contributed by atoms with Crippen LogP contribution >= 0.6 is 35.6 Å². The van der Waals surface area contributed by atoms with E-state index in [4.69, 9.17) is 23.8 Å². The van der Waals surface area contributed by atoms with E-state index >= 15 is 0 Å². The molecule has 0 bridgehead atoms. The fraction of sp³-hybridized carbons (Fsp3) is 0.105. The summed E-state index contributed by atoms with van der Waals surface area (Å²) in [5.41, 5.74) is 2.16. The highest BCUT2D eigenvalue weighted by atomic mass is 35.5. The number of fused-ring (bicyclic) bond motifs is 1. The molecule has 2 aromatic carbocycles. The van der Waals surface area contributed by atoms with Gasteiger partial charge in [-0.25, -0.2) is 4.39 Å². The zero-order chi connectivity index (χ0) is 19.0. The van der Waals surface area contributed by atoms with Crippen molar-refractivity contribution in [3.05, 3.63) is 70.6 Å². The summed E-state index contributed by atoms with van der Waals surface area (Å²) in [4.78, 5) is 11.8. The molecule has 0 saturated carbocycles. The molecule has 8 heteroatoms. The molecule has 0 unspecified atom stereocenters. The third kappa shape index (κ3) is 3.50. The van der Waals surface area contributed by atoms with Gasteiger partial charge in [0.1, 0.15) is 5.82 Å². The SMILES string of the molecule is O=C1CSC(=S)N1/N=C/c1cn(Cc2c(F)cccc2Cl)c2ccccc12. The topological polar surface area (TPSA) is 37.6 Å². The molecule has 136 valence electrons. The predicted octanol–water partition coefficient (Wildman–Crippen LogP) is 4.68. The molecule has 27 heavy (non-hydrogen) atoms. The van der Waals surface area contributed by atoms with Crippen LogP contribution < -0.4 is 0 Å². The van der Waals surface area contributed by atoms with Crippen LogP contribution in [0.2, 0.25) is 5.02 Å². The van der Waals surface area contributed by atoms with Gasteiger partial charge < -0.3 is 4.57 Å². The maximum Gasteiger partial charge on any atom is 0.259 e. The third-order valence-electron chi connectivity index (χ3n) is 4.25. The molecule has 1 aliphatic heterocycles. The van der Waals surface area contributed by atoms with E-state index in [-0.39, 0.29) is 18.3 Å². The molecule has 1 aromatic heterocycles. The van der Waals surface area contributed by atoms with Crippen molar-refractivity contribution in [2.45, 2.75) is 6.54 Å². The molecule has 1 fully saturated rings. The van der Waals surface area contributed by atoms with Crippen molar-refractivity contribution < 1.29 is 9.18 Å². The number of thioether (sulfide) groups is 1. The minimum atomic E-state index is -0.347. The Morgan fingerprint density at radius 2 is 2.07 bits per heavy atom. The number of hydrazone groups is 1. The first-order chi connectivity index (χ1) is 13.0. The second-order valence-electron chi connectivity index (χ2n) is 5.93. The molecule has 3 aromatic rings. The van der Waals surface area contributed by atoms with Crippen LogP contribution in [0.5, 0.6) is 0 Å². The number of nitrogens with zero attached hydrogens (tertiary/aromatic N) is 3. The van der Waals surface area contributed by atoms with Crippen molar-refractivity contribution in [1.29, 1.82) is 0 Å². The molecule has 0 atom stereocenters. The molecular formula is C19H13ClFN3OS2. The van der Waals surface area contributed by atoms with Gasteiger partial charge in [-0.2, -0.15) is 10.1 Å². The van der Waals surface area contributed by atoms with Gasteiger partial charge >= 0.3 is 0 Å². The van der Waals surface area contributed by atoms with Crippen LogP contribution in [0, 0.1) is 5.82 Å². The number of carbonyl (C=O) groups is 1. The number of para-hydroxylation sites is 1. The van der Waals surface area contributed by atoms with Gasteiger partial charge in [-0.05, 0) is 18.2 Å². The van der Waals surface area contributed by atoms with Gasteiger partial charge in [-0.15, -0.1) is 0 Å². The van der Waals surface area contributed by atoms with E-state index in [0.717, 1.165) is 16.5 Å². The third-order valence-corrected chi connectivity index (χ3v) is 5.94. The summed E-state index contributed by atoms with van der Waals surface area (Å²) in [6, 6.07) is 12.4. The molecular weight excluding hydrogens is 405 g/mol. The van der Waals surface area contributed by atoms with E-state index in [1.54, 1.807) is 18.3 Å². The van der Waals surface area contributed by atoms with Gasteiger partial charge in [-0.1, -0.05) is 59.8 Å². The number of rotatable bonds is 4. The number of amides is 1. The van der Waals surface area contributed by atoms with Crippen molar-refractivity contribution in [1.82, 2.24) is 9.58 Å². The zero-order valence-corrected chi connectivity index (χ0v) is 16.3. The lowest BCUT2D eigenvalue weighted by molar-refractivity contribution is -0.123. The Bertz CT molecular complexity index is 1060. The summed E-state index contributed by atoms with van der Waals surface area (Å²) in [7, 11) is 0. The number of carbonyl (C=O) groups excluding carboxylic acids is 1. The van der Waals surface area contributed by atoms with E-state index < -0.39 is 0 Å².